The Bertz CT molecular complexity index is 521. The lowest BCUT2D eigenvalue weighted by atomic mass is 10.1. The molecule has 1 aromatic carbocycles. The largest absolute Gasteiger partial charge is 0.333 e. The second-order valence-corrected chi connectivity index (χ2v) is 5.29. The lowest BCUT2D eigenvalue weighted by Crippen LogP contribution is -2.45. The Balaban J connectivity index is 2.27. The number of benzene rings is 1. The number of alkyl halides is 2. The van der Waals surface area contributed by atoms with Crippen molar-refractivity contribution in [3.63, 3.8) is 0 Å². The molecule has 0 atom stereocenters. The number of halogens is 5. The molecule has 19 heavy (non-hydrogen) atoms. The van der Waals surface area contributed by atoms with Crippen LogP contribution in [0.1, 0.15) is 23.2 Å². The average molecular weight is 340 g/mol. The fourth-order valence-corrected chi connectivity index (χ4v) is 2.34. The Morgan fingerprint density at radius 2 is 1.95 bits per heavy atom. The van der Waals surface area contributed by atoms with E-state index in [0.717, 1.165) is 11.0 Å². The van der Waals surface area contributed by atoms with Crippen molar-refractivity contribution in [3.8, 4) is 0 Å². The molecule has 0 radical (unpaired) electrons. The molecular formula is C12H10BrF4NO. The molecule has 0 aliphatic carbocycles. The molecule has 0 N–H and O–H groups in total. The molecule has 0 aromatic heterocycles. The highest BCUT2D eigenvalue weighted by atomic mass is 79.9. The van der Waals surface area contributed by atoms with Crippen LogP contribution < -0.4 is 0 Å². The highest BCUT2D eigenvalue weighted by molar-refractivity contribution is 9.10. The van der Waals surface area contributed by atoms with Crippen molar-refractivity contribution in [2.24, 2.45) is 0 Å². The van der Waals surface area contributed by atoms with Gasteiger partial charge in [0.15, 0.2) is 0 Å². The smallest absolute Gasteiger partial charge is 0.265 e. The van der Waals surface area contributed by atoms with E-state index in [1.807, 2.05) is 0 Å². The lowest BCUT2D eigenvalue weighted by Gasteiger charge is -2.32. The van der Waals surface area contributed by atoms with Crippen molar-refractivity contribution in [2.75, 3.05) is 13.1 Å². The van der Waals surface area contributed by atoms with Crippen LogP contribution >= 0.6 is 15.9 Å². The second-order valence-electron chi connectivity index (χ2n) is 4.43. The molecule has 0 saturated carbocycles. The average Bonchev–Trinajstić information content (AvgIpc) is 2.31. The third kappa shape index (κ3) is 3.08. The standard InChI is InChI=1S/C12H10BrF4NO/c13-8-4-7(9(14)5-10(8)15)11(19)18-3-1-2-12(16,17)6-18/h4-5H,1-3,6H2. The van der Waals surface area contributed by atoms with Gasteiger partial charge in [0.25, 0.3) is 11.8 Å². The van der Waals surface area contributed by atoms with Crippen LogP contribution in [0.4, 0.5) is 17.6 Å². The zero-order chi connectivity index (χ0) is 14.2. The van der Waals surface area contributed by atoms with Gasteiger partial charge in [0.05, 0.1) is 16.6 Å². The zero-order valence-electron chi connectivity index (χ0n) is 9.73. The number of hydrogen-bond donors (Lipinski definition) is 0. The second kappa shape index (κ2) is 5.11. The van der Waals surface area contributed by atoms with Gasteiger partial charge in [-0.15, -0.1) is 0 Å². The van der Waals surface area contributed by atoms with E-state index >= 15 is 0 Å². The number of likely N-dealkylation sites (tertiary alicyclic amines) is 1. The Hall–Kier alpha value is -1.11. The van der Waals surface area contributed by atoms with Crippen LogP contribution in [0.2, 0.25) is 0 Å². The quantitative estimate of drug-likeness (QED) is 0.565. The van der Waals surface area contributed by atoms with Crippen LogP contribution in [0.3, 0.4) is 0 Å². The van der Waals surface area contributed by atoms with Gasteiger partial charge in [0.1, 0.15) is 11.6 Å². The Kier molecular flexibility index (Phi) is 3.85. The summed E-state index contributed by atoms with van der Waals surface area (Å²) in [5, 5.41) is 0. The van der Waals surface area contributed by atoms with Crippen LogP contribution in [-0.4, -0.2) is 29.8 Å². The first-order valence-corrected chi connectivity index (χ1v) is 6.41. The maximum Gasteiger partial charge on any atom is 0.265 e. The highest BCUT2D eigenvalue weighted by Gasteiger charge is 2.37. The van der Waals surface area contributed by atoms with Gasteiger partial charge in [-0.1, -0.05) is 0 Å². The molecule has 1 heterocycles. The number of rotatable bonds is 1. The number of carbonyl (C=O) groups excluding carboxylic acids is 1. The first-order chi connectivity index (χ1) is 8.80. The maximum absolute atomic E-state index is 13.5. The van der Waals surface area contributed by atoms with Crippen LogP contribution in [0.5, 0.6) is 0 Å². The molecule has 2 rings (SSSR count). The summed E-state index contributed by atoms with van der Waals surface area (Å²) in [5.74, 6) is -5.71. The first kappa shape index (κ1) is 14.3. The molecule has 0 bridgehead atoms. The molecule has 0 spiro atoms. The minimum absolute atomic E-state index is 0.0824. The number of piperidine rings is 1. The molecule has 1 fully saturated rings. The van der Waals surface area contributed by atoms with Gasteiger partial charge in [-0.05, 0) is 28.4 Å². The van der Waals surface area contributed by atoms with Gasteiger partial charge in [-0.25, -0.2) is 17.6 Å². The lowest BCUT2D eigenvalue weighted by molar-refractivity contribution is -0.0561. The molecule has 1 aromatic rings. The Morgan fingerprint density at radius 1 is 1.26 bits per heavy atom. The van der Waals surface area contributed by atoms with Gasteiger partial charge < -0.3 is 4.90 Å². The van der Waals surface area contributed by atoms with E-state index in [9.17, 15) is 22.4 Å². The van der Waals surface area contributed by atoms with Gasteiger partial charge in [-0.2, -0.15) is 0 Å². The van der Waals surface area contributed by atoms with Crippen molar-refractivity contribution in [2.45, 2.75) is 18.8 Å². The molecule has 1 saturated heterocycles. The molecule has 1 aliphatic heterocycles. The normalized spacial score (nSPS) is 18.5. The number of hydrogen-bond acceptors (Lipinski definition) is 1. The van der Waals surface area contributed by atoms with Crippen molar-refractivity contribution in [3.05, 3.63) is 33.8 Å². The third-order valence-corrected chi connectivity index (χ3v) is 3.53. The molecule has 0 unspecified atom stereocenters. The van der Waals surface area contributed by atoms with E-state index in [2.05, 4.69) is 15.9 Å². The fourth-order valence-electron chi connectivity index (χ4n) is 2.00. The van der Waals surface area contributed by atoms with E-state index in [4.69, 9.17) is 0 Å². The van der Waals surface area contributed by atoms with Gasteiger partial charge in [0, 0.05) is 19.0 Å². The van der Waals surface area contributed by atoms with E-state index in [0.29, 0.717) is 6.07 Å². The van der Waals surface area contributed by atoms with E-state index in [-0.39, 0.29) is 23.9 Å². The maximum atomic E-state index is 13.5. The molecule has 7 heteroatoms. The van der Waals surface area contributed by atoms with E-state index in [1.165, 1.54) is 0 Å². The summed E-state index contributed by atoms with van der Waals surface area (Å²) in [4.78, 5) is 12.9. The molecule has 2 nitrogen and oxygen atoms in total. The minimum Gasteiger partial charge on any atom is -0.333 e. The summed E-state index contributed by atoms with van der Waals surface area (Å²) < 4.78 is 52.9. The van der Waals surface area contributed by atoms with E-state index < -0.39 is 35.6 Å². The van der Waals surface area contributed by atoms with Gasteiger partial charge in [-0.3, -0.25) is 4.79 Å². The molecule has 1 amide bonds. The van der Waals surface area contributed by atoms with Crippen LogP contribution in [0, 0.1) is 11.6 Å². The first-order valence-electron chi connectivity index (χ1n) is 5.62. The molecule has 1 aliphatic rings. The van der Waals surface area contributed by atoms with Gasteiger partial charge >= 0.3 is 0 Å². The van der Waals surface area contributed by atoms with Crippen molar-refractivity contribution >= 4 is 21.8 Å². The predicted octanol–water partition coefficient (Wildman–Crippen LogP) is 3.60. The van der Waals surface area contributed by atoms with Crippen LogP contribution in [0.25, 0.3) is 0 Å². The Morgan fingerprint density at radius 3 is 2.58 bits per heavy atom. The monoisotopic (exact) mass is 339 g/mol. The number of nitrogens with zero attached hydrogens (tertiary/aromatic N) is 1. The minimum atomic E-state index is -2.96. The highest BCUT2D eigenvalue weighted by Crippen LogP contribution is 2.28. The predicted molar refractivity (Wildman–Crippen MR) is 64.1 cm³/mol. The summed E-state index contributed by atoms with van der Waals surface area (Å²) in [6.45, 7) is -0.594. The topological polar surface area (TPSA) is 20.3 Å². The molecule has 104 valence electrons. The summed E-state index contributed by atoms with van der Waals surface area (Å²) in [7, 11) is 0. The SMILES string of the molecule is O=C(c1cc(Br)c(F)cc1F)N1CCCC(F)(F)C1. The van der Waals surface area contributed by atoms with Crippen molar-refractivity contribution < 1.29 is 22.4 Å². The fraction of sp³-hybridized carbons (Fsp3) is 0.417. The number of amides is 1. The number of carbonyl (C=O) groups is 1. The summed E-state index contributed by atoms with van der Waals surface area (Å²) in [6, 6.07) is 1.53. The summed E-state index contributed by atoms with van der Waals surface area (Å²) >= 11 is 2.83. The van der Waals surface area contributed by atoms with Gasteiger partial charge in [0.2, 0.25) is 0 Å². The third-order valence-electron chi connectivity index (χ3n) is 2.92. The molecular weight excluding hydrogens is 330 g/mol. The van der Waals surface area contributed by atoms with Crippen LogP contribution in [-0.2, 0) is 0 Å². The summed E-state index contributed by atoms with van der Waals surface area (Å²) in [6.07, 6.45) is -0.130. The Labute approximate surface area is 115 Å². The van der Waals surface area contributed by atoms with Crippen molar-refractivity contribution in [1.29, 1.82) is 0 Å². The zero-order valence-corrected chi connectivity index (χ0v) is 11.3. The van der Waals surface area contributed by atoms with Crippen LogP contribution in [0.15, 0.2) is 16.6 Å². The van der Waals surface area contributed by atoms with E-state index in [1.54, 1.807) is 0 Å². The van der Waals surface area contributed by atoms with Crippen molar-refractivity contribution in [1.82, 2.24) is 4.90 Å². The summed E-state index contributed by atoms with van der Waals surface area (Å²) in [5.41, 5.74) is -0.411.